The summed E-state index contributed by atoms with van der Waals surface area (Å²) in [4.78, 5) is 29.0. The van der Waals surface area contributed by atoms with Gasteiger partial charge in [0.1, 0.15) is 0 Å². The Bertz CT molecular complexity index is 897. The van der Waals surface area contributed by atoms with Crippen LogP contribution in [0.3, 0.4) is 0 Å². The number of ketones is 1. The van der Waals surface area contributed by atoms with Crippen LogP contribution in [-0.4, -0.2) is 48.8 Å². The van der Waals surface area contributed by atoms with Crippen LogP contribution in [-0.2, 0) is 4.79 Å². The van der Waals surface area contributed by atoms with Crippen LogP contribution in [0.5, 0.6) is 0 Å². The van der Waals surface area contributed by atoms with E-state index in [1.165, 1.54) is 5.56 Å². The molecule has 160 valence electrons. The van der Waals surface area contributed by atoms with Gasteiger partial charge in [0.2, 0.25) is 5.91 Å². The van der Waals surface area contributed by atoms with Crippen molar-refractivity contribution in [3.05, 3.63) is 59.2 Å². The minimum Gasteiger partial charge on any atom is -0.369 e. The first-order valence-corrected chi connectivity index (χ1v) is 10.8. The van der Waals surface area contributed by atoms with E-state index < -0.39 is 0 Å². The fourth-order valence-electron chi connectivity index (χ4n) is 4.01. The highest BCUT2D eigenvalue weighted by molar-refractivity contribution is 5.96. The number of amides is 1. The molecule has 1 aliphatic rings. The molecule has 1 amide bonds. The molecule has 0 radical (unpaired) electrons. The van der Waals surface area contributed by atoms with Crippen molar-refractivity contribution in [2.24, 2.45) is 0 Å². The molecule has 0 aromatic heterocycles. The first kappa shape index (κ1) is 22.0. The molecule has 2 aromatic rings. The number of Topliss-reactive ketones (excluding diaryl/α,β-unsaturated/α-hetero) is 1. The Hall–Kier alpha value is -2.66. The van der Waals surface area contributed by atoms with Gasteiger partial charge in [-0.1, -0.05) is 32.0 Å². The normalized spacial score (nSPS) is 15.9. The third kappa shape index (κ3) is 4.90. The molecule has 0 spiro atoms. The highest BCUT2D eigenvalue weighted by atomic mass is 16.2. The minimum atomic E-state index is -0.188. The molecule has 1 fully saturated rings. The Morgan fingerprint density at radius 3 is 2.13 bits per heavy atom. The first-order valence-electron chi connectivity index (χ1n) is 10.8. The summed E-state index contributed by atoms with van der Waals surface area (Å²) in [5.74, 6) is 0.486. The molecule has 1 N–H and O–H groups in total. The molecule has 0 unspecified atom stereocenters. The number of aryl methyl sites for hydroxylation is 1. The third-order valence-electron chi connectivity index (χ3n) is 6.06. The first-order chi connectivity index (χ1) is 14.3. The molecule has 1 atom stereocenters. The van der Waals surface area contributed by atoms with Crippen LogP contribution < -0.4 is 10.2 Å². The summed E-state index contributed by atoms with van der Waals surface area (Å²) in [6.45, 7) is 13.3. The Balaban J connectivity index is 1.61. The van der Waals surface area contributed by atoms with Gasteiger partial charge in [0, 0.05) is 43.1 Å². The Labute approximate surface area is 180 Å². The molecule has 3 rings (SSSR count). The van der Waals surface area contributed by atoms with Crippen LogP contribution in [0.1, 0.15) is 55.1 Å². The van der Waals surface area contributed by atoms with Gasteiger partial charge in [-0.15, -0.1) is 0 Å². The number of piperazine rings is 1. The molecular weight excluding hydrogens is 374 g/mol. The van der Waals surface area contributed by atoms with E-state index >= 15 is 0 Å². The molecule has 5 nitrogen and oxygen atoms in total. The van der Waals surface area contributed by atoms with Crippen LogP contribution in [0.15, 0.2) is 42.5 Å². The number of carbonyl (C=O) groups excluding carboxylic acids is 2. The average molecular weight is 408 g/mol. The summed E-state index contributed by atoms with van der Waals surface area (Å²) in [5, 5.41) is 3.19. The molecule has 1 aliphatic heterocycles. The van der Waals surface area contributed by atoms with Crippen molar-refractivity contribution in [3.63, 3.8) is 0 Å². The maximum absolute atomic E-state index is 13.0. The van der Waals surface area contributed by atoms with Gasteiger partial charge in [-0.2, -0.15) is 0 Å². The summed E-state index contributed by atoms with van der Waals surface area (Å²) < 4.78 is 0. The number of para-hydroxylation sites is 1. The molecule has 5 heteroatoms. The summed E-state index contributed by atoms with van der Waals surface area (Å²) in [7, 11) is 0. The second-order valence-electron chi connectivity index (χ2n) is 8.49. The van der Waals surface area contributed by atoms with Crippen LogP contribution in [0.4, 0.5) is 11.4 Å². The van der Waals surface area contributed by atoms with Gasteiger partial charge in [0.25, 0.3) is 0 Å². The zero-order valence-corrected chi connectivity index (χ0v) is 18.7. The molecule has 2 aromatic carbocycles. The van der Waals surface area contributed by atoms with Gasteiger partial charge < -0.3 is 10.2 Å². The largest absolute Gasteiger partial charge is 0.369 e. The van der Waals surface area contributed by atoms with Crippen molar-refractivity contribution >= 4 is 23.1 Å². The van der Waals surface area contributed by atoms with Crippen molar-refractivity contribution in [1.82, 2.24) is 4.90 Å². The van der Waals surface area contributed by atoms with Crippen LogP contribution >= 0.6 is 0 Å². The lowest BCUT2D eigenvalue weighted by Gasteiger charge is -2.38. The molecule has 0 aliphatic carbocycles. The van der Waals surface area contributed by atoms with Crippen molar-refractivity contribution < 1.29 is 9.59 Å². The highest BCUT2D eigenvalue weighted by Gasteiger charge is 2.26. The smallest absolute Gasteiger partial charge is 0.241 e. The summed E-state index contributed by atoms with van der Waals surface area (Å²) >= 11 is 0. The fraction of sp³-hybridized carbons (Fsp3) is 0.440. The van der Waals surface area contributed by atoms with E-state index in [9.17, 15) is 9.59 Å². The number of carbonyl (C=O) groups is 2. The van der Waals surface area contributed by atoms with Crippen LogP contribution in [0, 0.1) is 6.92 Å². The molecule has 1 heterocycles. The fourth-order valence-corrected chi connectivity index (χ4v) is 4.01. The van der Waals surface area contributed by atoms with E-state index in [0.29, 0.717) is 5.92 Å². The van der Waals surface area contributed by atoms with E-state index in [0.717, 1.165) is 48.7 Å². The number of anilines is 2. The minimum absolute atomic E-state index is 0.0467. The molecule has 30 heavy (non-hydrogen) atoms. The average Bonchev–Trinajstić information content (AvgIpc) is 2.74. The lowest BCUT2D eigenvalue weighted by Crippen LogP contribution is -2.52. The SMILES string of the molecule is CC(=O)c1ccc(N2CCN([C@@H](C)C(=O)Nc3c(C)cccc3C(C)C)CC2)cc1. The Morgan fingerprint density at radius 2 is 1.57 bits per heavy atom. The van der Waals surface area contributed by atoms with Gasteiger partial charge in [0.15, 0.2) is 5.78 Å². The molecule has 0 bridgehead atoms. The molecule has 0 saturated carbocycles. The Morgan fingerprint density at radius 1 is 0.933 bits per heavy atom. The quantitative estimate of drug-likeness (QED) is 0.718. The van der Waals surface area contributed by atoms with E-state index in [4.69, 9.17) is 0 Å². The number of benzene rings is 2. The molecular formula is C25H33N3O2. The van der Waals surface area contributed by atoms with Crippen LogP contribution in [0.2, 0.25) is 0 Å². The van der Waals surface area contributed by atoms with E-state index in [2.05, 4.69) is 35.0 Å². The maximum Gasteiger partial charge on any atom is 0.241 e. The van der Waals surface area contributed by atoms with Crippen molar-refractivity contribution in [2.75, 3.05) is 36.4 Å². The van der Waals surface area contributed by atoms with Gasteiger partial charge >= 0.3 is 0 Å². The predicted octanol–water partition coefficient (Wildman–Crippen LogP) is 4.47. The Kier molecular flexibility index (Phi) is 6.93. The van der Waals surface area contributed by atoms with Gasteiger partial charge in [0.05, 0.1) is 6.04 Å². The third-order valence-corrected chi connectivity index (χ3v) is 6.06. The monoisotopic (exact) mass is 407 g/mol. The van der Waals surface area contributed by atoms with E-state index in [-0.39, 0.29) is 17.7 Å². The van der Waals surface area contributed by atoms with E-state index in [1.54, 1.807) is 6.92 Å². The van der Waals surface area contributed by atoms with Gasteiger partial charge in [-0.25, -0.2) is 0 Å². The van der Waals surface area contributed by atoms with Crippen molar-refractivity contribution in [3.8, 4) is 0 Å². The summed E-state index contributed by atoms with van der Waals surface area (Å²) in [6.07, 6.45) is 0. The second kappa shape index (κ2) is 9.43. The number of nitrogens with zero attached hydrogens (tertiary/aromatic N) is 2. The lowest BCUT2D eigenvalue weighted by atomic mass is 9.98. The van der Waals surface area contributed by atoms with E-state index in [1.807, 2.05) is 50.2 Å². The number of hydrogen-bond acceptors (Lipinski definition) is 4. The maximum atomic E-state index is 13.0. The number of nitrogens with one attached hydrogen (secondary N) is 1. The van der Waals surface area contributed by atoms with Crippen molar-refractivity contribution in [1.29, 1.82) is 0 Å². The predicted molar refractivity (Wildman–Crippen MR) is 124 cm³/mol. The highest BCUT2D eigenvalue weighted by Crippen LogP contribution is 2.28. The summed E-state index contributed by atoms with van der Waals surface area (Å²) in [6, 6.07) is 13.8. The second-order valence-corrected chi connectivity index (χ2v) is 8.49. The van der Waals surface area contributed by atoms with Gasteiger partial charge in [-0.05, 0) is 62.1 Å². The lowest BCUT2D eigenvalue weighted by molar-refractivity contribution is -0.120. The topological polar surface area (TPSA) is 52.7 Å². The standard InChI is InChI=1S/C25H33N3O2/c1-17(2)23-8-6-7-18(3)24(23)26-25(30)19(4)27-13-15-28(16-14-27)22-11-9-21(10-12-22)20(5)29/h6-12,17,19H,13-16H2,1-5H3,(H,26,30)/t19-/m0/s1. The van der Waals surface area contributed by atoms with Crippen molar-refractivity contribution in [2.45, 2.75) is 46.6 Å². The zero-order chi connectivity index (χ0) is 21.8. The number of hydrogen-bond donors (Lipinski definition) is 1. The zero-order valence-electron chi connectivity index (χ0n) is 18.7. The summed E-state index contributed by atoms with van der Waals surface area (Å²) in [5.41, 5.74) is 5.08. The molecule has 1 saturated heterocycles. The number of rotatable bonds is 6. The van der Waals surface area contributed by atoms with Gasteiger partial charge in [-0.3, -0.25) is 14.5 Å². The van der Waals surface area contributed by atoms with Crippen LogP contribution in [0.25, 0.3) is 0 Å².